The zero-order valence-corrected chi connectivity index (χ0v) is 32.7. The molecule has 0 amide bonds. The summed E-state index contributed by atoms with van der Waals surface area (Å²) in [4.78, 5) is 12.7. The topological polar surface area (TPSA) is 35.5 Å². The van der Waals surface area contributed by atoms with Crippen LogP contribution in [-0.4, -0.2) is 11.6 Å². The fourth-order valence-electron chi connectivity index (χ4n) is 7.50. The van der Waals surface area contributed by atoms with Gasteiger partial charge in [-0.25, -0.2) is 0 Å². The van der Waals surface area contributed by atoms with E-state index in [4.69, 9.17) is 9.47 Å². The number of unbranched alkanes of at least 4 members (excludes halogenated alkanes) is 12. The maximum absolute atomic E-state index is 12.7. The summed E-state index contributed by atoms with van der Waals surface area (Å²) in [5, 5.41) is 0. The van der Waals surface area contributed by atoms with Gasteiger partial charge in [-0.05, 0) is 93.4 Å². The van der Waals surface area contributed by atoms with Gasteiger partial charge in [-0.15, -0.1) is 0 Å². The third-order valence-corrected chi connectivity index (χ3v) is 11.1. The Morgan fingerprint density at radius 2 is 1.23 bits per heavy atom. The summed E-state index contributed by atoms with van der Waals surface area (Å²) in [5.41, 5.74) is 3.26. The van der Waals surface area contributed by atoms with Crippen molar-refractivity contribution >= 4 is 5.97 Å². The number of carbonyl (C=O) groups excluding carboxylic acids is 1. The van der Waals surface area contributed by atoms with E-state index in [0.29, 0.717) is 6.42 Å². The standard InChI is InChI=1S/C44H78O3/c1-9-10-11-12-13-14-15-16-17-18-19-20-21-30-42(45)46-41-34-40-31-33-44(8,47-43(40)39(7)38(41)6)32-24-29-37(5)28-23-27-36(4)26-22-25-35(2)3/h34-37H,9-33H2,1-8H3/t36-,37-,44-/m1/s1. The first-order valence-corrected chi connectivity index (χ1v) is 20.6. The van der Waals surface area contributed by atoms with Gasteiger partial charge in [-0.1, -0.05) is 157 Å². The molecule has 1 aliphatic rings. The molecule has 0 fully saturated rings. The van der Waals surface area contributed by atoms with Gasteiger partial charge in [0.1, 0.15) is 17.1 Å². The Morgan fingerprint density at radius 1 is 0.723 bits per heavy atom. The SMILES string of the molecule is CCCCCCCCCCCCCCCC(=O)Oc1cc2c(c(C)c1C)O[C@](C)(CCC[C@H](C)CCC[C@H](C)CCCC(C)C)CC2. The molecule has 0 aliphatic carbocycles. The van der Waals surface area contributed by atoms with Crippen LogP contribution in [0.5, 0.6) is 11.5 Å². The predicted octanol–water partition coefficient (Wildman–Crippen LogP) is 14.2. The van der Waals surface area contributed by atoms with Crippen molar-refractivity contribution < 1.29 is 14.3 Å². The number of fused-ring (bicyclic) bond motifs is 1. The molecular weight excluding hydrogens is 576 g/mol. The number of benzene rings is 1. The molecule has 3 atom stereocenters. The van der Waals surface area contributed by atoms with E-state index in [9.17, 15) is 4.79 Å². The van der Waals surface area contributed by atoms with Gasteiger partial charge in [0.15, 0.2) is 0 Å². The van der Waals surface area contributed by atoms with Gasteiger partial charge in [0.2, 0.25) is 0 Å². The van der Waals surface area contributed by atoms with Crippen LogP contribution < -0.4 is 9.47 Å². The van der Waals surface area contributed by atoms with E-state index >= 15 is 0 Å². The highest BCUT2D eigenvalue weighted by Gasteiger charge is 2.33. The normalized spacial score (nSPS) is 17.4. The molecule has 1 aromatic carbocycles. The Morgan fingerprint density at radius 3 is 1.79 bits per heavy atom. The molecule has 2 rings (SSSR count). The molecule has 3 heteroatoms. The number of hydrogen-bond donors (Lipinski definition) is 0. The van der Waals surface area contributed by atoms with Crippen molar-refractivity contribution in [2.24, 2.45) is 17.8 Å². The molecule has 1 aromatic rings. The van der Waals surface area contributed by atoms with Gasteiger partial charge in [0, 0.05) is 6.42 Å². The third-order valence-electron chi connectivity index (χ3n) is 11.1. The molecule has 0 unspecified atom stereocenters. The monoisotopic (exact) mass is 655 g/mol. The average Bonchev–Trinajstić information content (AvgIpc) is 3.02. The first-order chi connectivity index (χ1) is 22.5. The minimum absolute atomic E-state index is 0.0909. The van der Waals surface area contributed by atoms with E-state index < -0.39 is 0 Å². The second-order valence-corrected chi connectivity index (χ2v) is 16.5. The van der Waals surface area contributed by atoms with Crippen LogP contribution in [0.25, 0.3) is 0 Å². The lowest BCUT2D eigenvalue weighted by atomic mass is 9.85. The van der Waals surface area contributed by atoms with Gasteiger partial charge in [-0.2, -0.15) is 0 Å². The molecule has 1 aliphatic heterocycles. The molecule has 0 aromatic heterocycles. The third kappa shape index (κ3) is 17.6. The molecule has 272 valence electrons. The lowest BCUT2D eigenvalue weighted by Crippen LogP contribution is -2.36. The van der Waals surface area contributed by atoms with Gasteiger partial charge in [0.25, 0.3) is 0 Å². The Hall–Kier alpha value is -1.51. The molecule has 0 bridgehead atoms. The lowest BCUT2D eigenvalue weighted by Gasteiger charge is -2.37. The molecule has 47 heavy (non-hydrogen) atoms. The number of rotatable bonds is 27. The second kappa shape index (κ2) is 23.8. The fourth-order valence-corrected chi connectivity index (χ4v) is 7.50. The summed E-state index contributed by atoms with van der Waals surface area (Å²) < 4.78 is 12.7. The number of esters is 1. The van der Waals surface area contributed by atoms with E-state index in [1.54, 1.807) is 0 Å². The van der Waals surface area contributed by atoms with Gasteiger partial charge in [-0.3, -0.25) is 4.79 Å². The van der Waals surface area contributed by atoms with Crippen molar-refractivity contribution in [2.45, 2.75) is 222 Å². The Labute approximate surface area is 293 Å². The summed E-state index contributed by atoms with van der Waals surface area (Å²) >= 11 is 0. The minimum Gasteiger partial charge on any atom is -0.487 e. The molecule has 0 saturated heterocycles. The Kier molecular flexibility index (Phi) is 21.1. The number of carbonyl (C=O) groups is 1. The predicted molar refractivity (Wildman–Crippen MR) is 204 cm³/mol. The van der Waals surface area contributed by atoms with Crippen molar-refractivity contribution in [2.75, 3.05) is 0 Å². The van der Waals surface area contributed by atoms with Crippen LogP contribution in [0.1, 0.15) is 212 Å². The summed E-state index contributed by atoms with van der Waals surface area (Å²) in [5.74, 6) is 4.17. The fraction of sp³-hybridized carbons (Fsp3) is 0.841. The van der Waals surface area contributed by atoms with E-state index in [1.807, 2.05) is 0 Å². The van der Waals surface area contributed by atoms with Crippen LogP contribution in [0, 0.1) is 31.6 Å². The highest BCUT2D eigenvalue weighted by Crippen LogP contribution is 2.42. The van der Waals surface area contributed by atoms with Crippen molar-refractivity contribution in [1.82, 2.24) is 0 Å². The molecular formula is C44H78O3. The molecule has 0 spiro atoms. The Bertz CT molecular complexity index is 981. The van der Waals surface area contributed by atoms with E-state index in [1.165, 1.54) is 128 Å². The zero-order chi connectivity index (χ0) is 34.5. The first-order valence-electron chi connectivity index (χ1n) is 20.6. The van der Waals surface area contributed by atoms with Crippen molar-refractivity contribution in [3.63, 3.8) is 0 Å². The zero-order valence-electron chi connectivity index (χ0n) is 32.7. The average molecular weight is 655 g/mol. The van der Waals surface area contributed by atoms with Gasteiger partial charge < -0.3 is 9.47 Å². The highest BCUT2D eigenvalue weighted by atomic mass is 16.5. The smallest absolute Gasteiger partial charge is 0.311 e. The minimum atomic E-state index is -0.110. The number of aryl methyl sites for hydroxylation is 1. The second-order valence-electron chi connectivity index (χ2n) is 16.5. The summed E-state index contributed by atoms with van der Waals surface area (Å²) in [6, 6.07) is 2.09. The van der Waals surface area contributed by atoms with E-state index in [0.717, 1.165) is 72.5 Å². The maximum atomic E-state index is 12.7. The van der Waals surface area contributed by atoms with Crippen LogP contribution >= 0.6 is 0 Å². The molecule has 0 N–H and O–H groups in total. The largest absolute Gasteiger partial charge is 0.487 e. The van der Waals surface area contributed by atoms with Crippen LogP contribution in [-0.2, 0) is 11.2 Å². The molecule has 3 nitrogen and oxygen atoms in total. The van der Waals surface area contributed by atoms with E-state index in [-0.39, 0.29) is 11.6 Å². The summed E-state index contributed by atoms with van der Waals surface area (Å²) in [7, 11) is 0. The lowest BCUT2D eigenvalue weighted by molar-refractivity contribution is -0.134. The maximum Gasteiger partial charge on any atom is 0.311 e. The number of hydrogen-bond acceptors (Lipinski definition) is 3. The molecule has 1 heterocycles. The van der Waals surface area contributed by atoms with Crippen LogP contribution in [0.2, 0.25) is 0 Å². The highest BCUT2D eigenvalue weighted by molar-refractivity contribution is 5.73. The van der Waals surface area contributed by atoms with Crippen molar-refractivity contribution in [3.05, 3.63) is 22.8 Å². The first kappa shape index (κ1) is 41.7. The van der Waals surface area contributed by atoms with Gasteiger partial charge in [0.05, 0.1) is 0 Å². The summed E-state index contributed by atoms with van der Waals surface area (Å²) in [6.45, 7) is 18.4. The van der Waals surface area contributed by atoms with E-state index in [2.05, 4.69) is 61.5 Å². The van der Waals surface area contributed by atoms with Crippen molar-refractivity contribution in [3.8, 4) is 11.5 Å². The Balaban J connectivity index is 1.65. The quantitative estimate of drug-likeness (QED) is 0.0538. The molecule has 0 saturated carbocycles. The molecule has 0 radical (unpaired) electrons. The van der Waals surface area contributed by atoms with Crippen molar-refractivity contribution in [1.29, 1.82) is 0 Å². The van der Waals surface area contributed by atoms with Crippen LogP contribution in [0.3, 0.4) is 0 Å². The van der Waals surface area contributed by atoms with Gasteiger partial charge >= 0.3 is 5.97 Å². The van der Waals surface area contributed by atoms with Crippen LogP contribution in [0.4, 0.5) is 0 Å². The summed E-state index contributed by atoms with van der Waals surface area (Å²) in [6.07, 6.45) is 31.5. The van der Waals surface area contributed by atoms with Crippen LogP contribution in [0.15, 0.2) is 6.07 Å². The number of ether oxygens (including phenoxy) is 2.